The average molecular weight is 261 g/mol. The lowest BCUT2D eigenvalue weighted by molar-refractivity contribution is -0.676. The molecule has 0 aliphatic rings. The lowest BCUT2D eigenvalue weighted by Crippen LogP contribution is -2.28. The van der Waals surface area contributed by atoms with Crippen LogP contribution < -0.4 is 9.47 Å². The van der Waals surface area contributed by atoms with Crippen molar-refractivity contribution in [1.82, 2.24) is 0 Å². The third-order valence-corrected chi connectivity index (χ3v) is 3.40. The highest BCUT2D eigenvalue weighted by molar-refractivity contribution is 7.12. The van der Waals surface area contributed by atoms with Crippen molar-refractivity contribution >= 4 is 27.8 Å². The molecule has 0 fully saturated rings. The first-order valence-electron chi connectivity index (χ1n) is 5.86. The summed E-state index contributed by atoms with van der Waals surface area (Å²) in [5.74, 6) is 0. The molecule has 0 radical (unpaired) electrons. The number of aromatic nitrogens is 1. The second-order valence-corrected chi connectivity index (χ2v) is 4.96. The van der Waals surface area contributed by atoms with Gasteiger partial charge in [-0.05, 0) is 47.6 Å². The molecule has 0 N–H and O–H groups in total. The normalized spacial score (nSPS) is 11.1. The van der Waals surface area contributed by atoms with Crippen LogP contribution in [0.2, 0.25) is 0 Å². The Labute approximate surface area is 111 Å². The van der Waals surface area contributed by atoms with E-state index in [4.69, 9.17) is 0 Å². The maximum Gasteiger partial charge on any atom is 0.408 e. The minimum Gasteiger partial charge on any atom is -0.378 e. The predicted molar refractivity (Wildman–Crippen MR) is 75.1 cm³/mol. The van der Waals surface area contributed by atoms with Gasteiger partial charge in [0.15, 0.2) is 0 Å². The third kappa shape index (κ3) is 2.92. The van der Waals surface area contributed by atoms with Gasteiger partial charge in [0.2, 0.25) is 0 Å². The number of azo groups is 1. The number of benzene rings is 1. The Hall–Kier alpha value is -1.75. The van der Waals surface area contributed by atoms with Crippen molar-refractivity contribution in [3.63, 3.8) is 0 Å². The Morgan fingerprint density at radius 1 is 1.17 bits per heavy atom. The first-order chi connectivity index (χ1) is 8.70. The molecular formula is C13H17N4S+. The molecule has 0 atom stereocenters. The number of rotatable bonds is 4. The van der Waals surface area contributed by atoms with E-state index in [0.717, 1.165) is 23.1 Å². The van der Waals surface area contributed by atoms with Gasteiger partial charge in [0.25, 0.3) is 0 Å². The first kappa shape index (κ1) is 12.7. The van der Waals surface area contributed by atoms with Gasteiger partial charge < -0.3 is 4.90 Å². The van der Waals surface area contributed by atoms with Crippen LogP contribution in [0.4, 0.5) is 16.5 Å². The van der Waals surface area contributed by atoms with Crippen LogP contribution in [0.3, 0.4) is 0 Å². The average Bonchev–Trinajstić information content (AvgIpc) is 2.84. The smallest absolute Gasteiger partial charge is 0.378 e. The highest BCUT2D eigenvalue weighted by Gasteiger charge is 2.09. The van der Waals surface area contributed by atoms with Crippen LogP contribution in [0.1, 0.15) is 6.92 Å². The standard InChI is InChI=1S/C13H17N4S/c1-4-17-9-10-18-13(17)15-14-11-5-7-12(8-6-11)16(2)3/h5-10H,4H2,1-3H3/q+1. The highest BCUT2D eigenvalue weighted by Crippen LogP contribution is 2.21. The van der Waals surface area contributed by atoms with Gasteiger partial charge in [-0.25, -0.2) is 4.57 Å². The zero-order valence-electron chi connectivity index (χ0n) is 10.9. The molecule has 18 heavy (non-hydrogen) atoms. The van der Waals surface area contributed by atoms with Gasteiger partial charge in [0, 0.05) is 25.2 Å². The Bertz CT molecular complexity index is 528. The number of nitrogens with zero attached hydrogens (tertiary/aromatic N) is 4. The molecule has 0 aliphatic heterocycles. The molecule has 4 nitrogen and oxygen atoms in total. The second kappa shape index (κ2) is 5.73. The fraction of sp³-hybridized carbons (Fsp3) is 0.308. The van der Waals surface area contributed by atoms with Crippen molar-refractivity contribution in [2.75, 3.05) is 19.0 Å². The third-order valence-electron chi connectivity index (χ3n) is 2.62. The van der Waals surface area contributed by atoms with Crippen molar-refractivity contribution in [3.05, 3.63) is 35.8 Å². The summed E-state index contributed by atoms with van der Waals surface area (Å²) < 4.78 is 2.07. The summed E-state index contributed by atoms with van der Waals surface area (Å²) in [5.41, 5.74) is 2.03. The molecule has 1 aromatic carbocycles. The summed E-state index contributed by atoms with van der Waals surface area (Å²) in [7, 11) is 4.04. The lowest BCUT2D eigenvalue weighted by atomic mass is 10.3. The van der Waals surface area contributed by atoms with Gasteiger partial charge in [-0.3, -0.25) is 0 Å². The van der Waals surface area contributed by atoms with E-state index in [1.807, 2.05) is 49.9 Å². The maximum absolute atomic E-state index is 4.27. The van der Waals surface area contributed by atoms with E-state index in [-0.39, 0.29) is 0 Å². The topological polar surface area (TPSA) is 31.8 Å². The van der Waals surface area contributed by atoms with Gasteiger partial charge in [0.05, 0.1) is 11.7 Å². The van der Waals surface area contributed by atoms with Gasteiger partial charge in [-0.15, -0.1) is 0 Å². The van der Waals surface area contributed by atoms with E-state index in [1.54, 1.807) is 11.3 Å². The zero-order valence-corrected chi connectivity index (χ0v) is 11.7. The Morgan fingerprint density at radius 2 is 1.89 bits per heavy atom. The van der Waals surface area contributed by atoms with Gasteiger partial charge in [-0.1, -0.05) is 0 Å². The van der Waals surface area contributed by atoms with Crippen molar-refractivity contribution in [2.24, 2.45) is 10.2 Å². The minimum atomic E-state index is 0.872. The highest BCUT2D eigenvalue weighted by atomic mass is 32.1. The summed E-state index contributed by atoms with van der Waals surface area (Å²) in [5, 5.41) is 11.5. The fourth-order valence-electron chi connectivity index (χ4n) is 1.54. The molecule has 0 aliphatic carbocycles. The van der Waals surface area contributed by atoms with Crippen molar-refractivity contribution in [2.45, 2.75) is 13.5 Å². The van der Waals surface area contributed by atoms with Crippen LogP contribution in [0.5, 0.6) is 0 Å². The van der Waals surface area contributed by atoms with E-state index in [1.165, 1.54) is 0 Å². The summed E-state index contributed by atoms with van der Waals surface area (Å²) in [6, 6.07) is 8.03. The van der Waals surface area contributed by atoms with Crippen molar-refractivity contribution < 1.29 is 4.57 Å². The van der Waals surface area contributed by atoms with Gasteiger partial charge >= 0.3 is 5.13 Å². The maximum atomic E-state index is 4.27. The second-order valence-electron chi connectivity index (χ2n) is 4.08. The molecule has 0 amide bonds. The molecule has 1 aromatic heterocycles. The monoisotopic (exact) mass is 261 g/mol. The molecule has 0 saturated carbocycles. The number of thiazole rings is 1. The van der Waals surface area contributed by atoms with E-state index in [2.05, 4.69) is 26.6 Å². The fourth-order valence-corrected chi connectivity index (χ4v) is 2.28. The molecule has 2 rings (SSSR count). The van der Waals surface area contributed by atoms with E-state index in [0.29, 0.717) is 0 Å². The van der Waals surface area contributed by atoms with Crippen molar-refractivity contribution in [1.29, 1.82) is 0 Å². The zero-order chi connectivity index (χ0) is 13.0. The summed E-state index contributed by atoms with van der Waals surface area (Å²) in [6.45, 7) is 3.01. The summed E-state index contributed by atoms with van der Waals surface area (Å²) in [4.78, 5) is 2.06. The van der Waals surface area contributed by atoms with E-state index < -0.39 is 0 Å². The number of hydrogen-bond acceptors (Lipinski definition) is 4. The molecule has 2 aromatic rings. The summed E-state index contributed by atoms with van der Waals surface area (Å²) >= 11 is 1.60. The SMILES string of the molecule is CC[n+]1ccsc1N=Nc1ccc(N(C)C)cc1. The molecule has 94 valence electrons. The predicted octanol–water partition coefficient (Wildman–Crippen LogP) is 3.54. The van der Waals surface area contributed by atoms with E-state index in [9.17, 15) is 0 Å². The molecule has 5 heteroatoms. The molecule has 0 saturated heterocycles. The molecule has 1 heterocycles. The van der Waals surface area contributed by atoms with E-state index >= 15 is 0 Å². The summed E-state index contributed by atoms with van der Waals surface area (Å²) in [6.07, 6.45) is 2.02. The quantitative estimate of drug-likeness (QED) is 0.612. The lowest BCUT2D eigenvalue weighted by Gasteiger charge is -2.11. The van der Waals surface area contributed by atoms with Crippen LogP contribution in [0, 0.1) is 0 Å². The molecular weight excluding hydrogens is 244 g/mol. The van der Waals surface area contributed by atoms with Crippen LogP contribution in [0.15, 0.2) is 46.1 Å². The van der Waals surface area contributed by atoms with Crippen LogP contribution in [-0.4, -0.2) is 14.1 Å². The van der Waals surface area contributed by atoms with Crippen LogP contribution in [0.25, 0.3) is 0 Å². The number of anilines is 1. The Balaban J connectivity index is 2.14. The number of aryl methyl sites for hydroxylation is 1. The van der Waals surface area contributed by atoms with Crippen LogP contribution in [-0.2, 0) is 6.54 Å². The molecule has 0 bridgehead atoms. The number of hydrogen-bond donors (Lipinski definition) is 0. The Morgan fingerprint density at radius 3 is 2.50 bits per heavy atom. The largest absolute Gasteiger partial charge is 0.408 e. The van der Waals surface area contributed by atoms with Gasteiger partial charge in [0.1, 0.15) is 11.9 Å². The van der Waals surface area contributed by atoms with Crippen molar-refractivity contribution in [3.8, 4) is 0 Å². The molecule has 0 spiro atoms. The first-order valence-corrected chi connectivity index (χ1v) is 6.74. The Kier molecular flexibility index (Phi) is 4.04. The van der Waals surface area contributed by atoms with Crippen LogP contribution >= 0.6 is 11.3 Å². The van der Waals surface area contributed by atoms with Gasteiger partial charge in [-0.2, -0.15) is 0 Å². The molecule has 0 unspecified atom stereocenters. The minimum absolute atomic E-state index is 0.872.